The van der Waals surface area contributed by atoms with Gasteiger partial charge < -0.3 is 9.88 Å². The summed E-state index contributed by atoms with van der Waals surface area (Å²) in [5, 5.41) is 7.38. The minimum Gasteiger partial charge on any atom is -0.340 e. The minimum atomic E-state index is -3.77. The first-order chi connectivity index (χ1) is 14.8. The molecule has 0 atom stereocenters. The Morgan fingerprint density at radius 3 is 2.42 bits per heavy atom. The van der Waals surface area contributed by atoms with Crippen LogP contribution >= 0.6 is 0 Å². The molecule has 2 N–H and O–H groups in total. The van der Waals surface area contributed by atoms with Crippen molar-refractivity contribution in [1.82, 2.24) is 29.3 Å². The fourth-order valence-electron chi connectivity index (χ4n) is 3.04. The van der Waals surface area contributed by atoms with Crippen LogP contribution in [-0.4, -0.2) is 37.7 Å². The number of imidazole rings is 1. The first kappa shape index (κ1) is 20.5. The summed E-state index contributed by atoms with van der Waals surface area (Å²) in [4.78, 5) is 12.9. The second-order valence-electron chi connectivity index (χ2n) is 6.83. The van der Waals surface area contributed by atoms with Crippen LogP contribution in [0.2, 0.25) is 0 Å². The molecule has 160 valence electrons. The van der Waals surface area contributed by atoms with E-state index in [1.54, 1.807) is 65.8 Å². The Kier molecular flexibility index (Phi) is 5.42. The summed E-state index contributed by atoms with van der Waals surface area (Å²) in [5.74, 6) is 2.50. The Bertz CT molecular complexity index is 1300. The molecule has 0 aliphatic heterocycles. The van der Waals surface area contributed by atoms with Gasteiger partial charge in [-0.2, -0.15) is 13.5 Å². The largest absolute Gasteiger partial charge is 0.340 e. The van der Waals surface area contributed by atoms with Crippen LogP contribution in [0.4, 0.5) is 17.2 Å². The summed E-state index contributed by atoms with van der Waals surface area (Å²) in [5.41, 5.74) is 1.18. The summed E-state index contributed by atoms with van der Waals surface area (Å²) in [6, 6.07) is 10.5. The highest BCUT2D eigenvalue weighted by Gasteiger charge is 2.19. The van der Waals surface area contributed by atoms with E-state index in [0.29, 0.717) is 35.5 Å². The predicted octanol–water partition coefficient (Wildman–Crippen LogP) is 3.04. The average molecular weight is 439 g/mol. The number of anilines is 3. The Morgan fingerprint density at radius 2 is 1.77 bits per heavy atom. The number of benzene rings is 1. The van der Waals surface area contributed by atoms with Crippen LogP contribution in [0.15, 0.2) is 60.0 Å². The molecule has 0 saturated carbocycles. The standard InChI is InChI=1S/C20H22N8O2S/c1-4-27-13-20(24-15(27)3)31(29,30)26-17-8-6-16(7-9-17)25-18-12-19(23-14(2)22-18)28-11-5-10-21-28/h5-13,26H,4H2,1-3H3,(H,22,23,25). The first-order valence-electron chi connectivity index (χ1n) is 9.63. The molecule has 0 spiro atoms. The van der Waals surface area contributed by atoms with E-state index in [2.05, 4.69) is 30.1 Å². The van der Waals surface area contributed by atoms with Gasteiger partial charge in [-0.1, -0.05) is 0 Å². The molecule has 0 fully saturated rings. The third-order valence-electron chi connectivity index (χ3n) is 4.54. The molecule has 0 bridgehead atoms. The maximum absolute atomic E-state index is 12.6. The van der Waals surface area contributed by atoms with E-state index in [9.17, 15) is 8.42 Å². The minimum absolute atomic E-state index is 0.00309. The Labute approximate surface area is 180 Å². The molecule has 0 radical (unpaired) electrons. The van der Waals surface area contributed by atoms with Crippen molar-refractivity contribution in [2.45, 2.75) is 32.3 Å². The van der Waals surface area contributed by atoms with Crippen molar-refractivity contribution in [3.8, 4) is 5.82 Å². The quantitative estimate of drug-likeness (QED) is 0.455. The van der Waals surface area contributed by atoms with E-state index in [1.807, 2.05) is 13.0 Å². The van der Waals surface area contributed by atoms with Gasteiger partial charge in [-0.25, -0.2) is 19.6 Å². The van der Waals surface area contributed by atoms with Crippen molar-refractivity contribution >= 4 is 27.2 Å². The number of hydrogen-bond acceptors (Lipinski definition) is 7. The Hall–Kier alpha value is -3.73. The zero-order valence-corrected chi connectivity index (χ0v) is 18.1. The second kappa shape index (κ2) is 8.19. The summed E-state index contributed by atoms with van der Waals surface area (Å²) in [6.07, 6.45) is 5.01. The van der Waals surface area contributed by atoms with Crippen molar-refractivity contribution in [3.05, 3.63) is 66.6 Å². The van der Waals surface area contributed by atoms with Gasteiger partial charge in [0, 0.05) is 42.6 Å². The van der Waals surface area contributed by atoms with E-state index >= 15 is 0 Å². The van der Waals surface area contributed by atoms with Gasteiger partial charge >= 0.3 is 0 Å². The zero-order valence-electron chi connectivity index (χ0n) is 17.3. The van der Waals surface area contributed by atoms with Gasteiger partial charge in [-0.05, 0) is 51.1 Å². The molecule has 3 heterocycles. The molecule has 0 saturated heterocycles. The number of nitrogens with one attached hydrogen (secondary N) is 2. The van der Waals surface area contributed by atoms with Crippen LogP contribution in [0.3, 0.4) is 0 Å². The summed E-state index contributed by atoms with van der Waals surface area (Å²) >= 11 is 0. The predicted molar refractivity (Wildman–Crippen MR) is 117 cm³/mol. The number of nitrogens with zero attached hydrogens (tertiary/aromatic N) is 6. The van der Waals surface area contributed by atoms with E-state index in [-0.39, 0.29) is 5.03 Å². The molecule has 0 aliphatic carbocycles. The number of rotatable bonds is 7. The molecule has 4 rings (SSSR count). The van der Waals surface area contributed by atoms with Crippen molar-refractivity contribution in [2.24, 2.45) is 0 Å². The van der Waals surface area contributed by atoms with Gasteiger partial charge in [-0.3, -0.25) is 4.72 Å². The van der Waals surface area contributed by atoms with Gasteiger partial charge in [0.1, 0.15) is 17.5 Å². The molecule has 3 aromatic heterocycles. The third-order valence-corrected chi connectivity index (χ3v) is 5.79. The van der Waals surface area contributed by atoms with Crippen LogP contribution in [0.5, 0.6) is 0 Å². The van der Waals surface area contributed by atoms with Gasteiger partial charge in [-0.15, -0.1) is 0 Å². The maximum atomic E-state index is 12.6. The van der Waals surface area contributed by atoms with Crippen LogP contribution in [0, 0.1) is 13.8 Å². The molecule has 0 amide bonds. The Morgan fingerprint density at radius 1 is 1.03 bits per heavy atom. The fourth-order valence-corrected chi connectivity index (χ4v) is 4.11. The first-order valence-corrected chi connectivity index (χ1v) is 11.1. The van der Waals surface area contributed by atoms with Crippen LogP contribution in [0.25, 0.3) is 5.82 Å². The SMILES string of the molecule is CCn1cc(S(=O)(=O)Nc2ccc(Nc3cc(-n4cccn4)nc(C)n3)cc2)nc1C. The fraction of sp³-hybridized carbons (Fsp3) is 0.200. The van der Waals surface area contributed by atoms with E-state index < -0.39 is 10.0 Å². The van der Waals surface area contributed by atoms with Gasteiger partial charge in [0.15, 0.2) is 10.8 Å². The molecule has 0 aliphatic rings. The van der Waals surface area contributed by atoms with Crippen molar-refractivity contribution < 1.29 is 8.42 Å². The molecule has 11 heteroatoms. The molecular weight excluding hydrogens is 416 g/mol. The van der Waals surface area contributed by atoms with Crippen molar-refractivity contribution in [2.75, 3.05) is 10.0 Å². The number of sulfonamides is 1. The molecule has 31 heavy (non-hydrogen) atoms. The molecule has 1 aromatic carbocycles. The van der Waals surface area contributed by atoms with Gasteiger partial charge in [0.25, 0.3) is 10.0 Å². The number of hydrogen-bond donors (Lipinski definition) is 2. The highest BCUT2D eigenvalue weighted by molar-refractivity contribution is 7.92. The molecule has 4 aromatic rings. The topological polar surface area (TPSA) is 120 Å². The molecule has 10 nitrogen and oxygen atoms in total. The van der Waals surface area contributed by atoms with Crippen molar-refractivity contribution in [1.29, 1.82) is 0 Å². The van der Waals surface area contributed by atoms with Gasteiger partial charge in [0.2, 0.25) is 0 Å². The normalized spacial score (nSPS) is 11.5. The van der Waals surface area contributed by atoms with E-state index in [0.717, 1.165) is 5.69 Å². The maximum Gasteiger partial charge on any atom is 0.280 e. The highest BCUT2D eigenvalue weighted by atomic mass is 32.2. The van der Waals surface area contributed by atoms with Crippen molar-refractivity contribution in [3.63, 3.8) is 0 Å². The summed E-state index contributed by atoms with van der Waals surface area (Å²) in [7, 11) is -3.77. The zero-order chi connectivity index (χ0) is 22.0. The number of aryl methyl sites for hydroxylation is 3. The van der Waals surface area contributed by atoms with E-state index in [4.69, 9.17) is 0 Å². The van der Waals surface area contributed by atoms with Crippen LogP contribution in [-0.2, 0) is 16.6 Å². The highest BCUT2D eigenvalue weighted by Crippen LogP contribution is 2.21. The van der Waals surface area contributed by atoms with E-state index in [1.165, 1.54) is 6.20 Å². The summed E-state index contributed by atoms with van der Waals surface area (Å²) < 4.78 is 31.2. The second-order valence-corrected chi connectivity index (χ2v) is 8.46. The van der Waals surface area contributed by atoms with Gasteiger partial charge in [0.05, 0.1) is 0 Å². The summed E-state index contributed by atoms with van der Waals surface area (Å²) in [6.45, 7) is 6.16. The lowest BCUT2D eigenvalue weighted by atomic mass is 10.3. The monoisotopic (exact) mass is 438 g/mol. The number of aromatic nitrogens is 6. The molecular formula is C20H22N8O2S. The van der Waals surface area contributed by atoms with Crippen LogP contribution < -0.4 is 10.0 Å². The van der Waals surface area contributed by atoms with Crippen LogP contribution in [0.1, 0.15) is 18.6 Å². The molecule has 0 unspecified atom stereocenters. The average Bonchev–Trinajstić information content (AvgIpc) is 3.39. The smallest absolute Gasteiger partial charge is 0.280 e. The third kappa shape index (κ3) is 4.56. The Balaban J connectivity index is 1.50. The lowest BCUT2D eigenvalue weighted by Crippen LogP contribution is -2.13. The lowest BCUT2D eigenvalue weighted by Gasteiger charge is -2.10. The lowest BCUT2D eigenvalue weighted by molar-refractivity contribution is 0.598.